The second-order valence-corrected chi connectivity index (χ2v) is 2.12. The van der Waals surface area contributed by atoms with E-state index >= 15 is 0 Å². The topological polar surface area (TPSA) is 26.3 Å². The number of esters is 1. The van der Waals surface area contributed by atoms with Gasteiger partial charge in [0.15, 0.2) is 0 Å². The number of rotatable bonds is 5. The summed E-state index contributed by atoms with van der Waals surface area (Å²) in [5.41, 5.74) is -1.01. The van der Waals surface area contributed by atoms with Gasteiger partial charge >= 0.3 is 5.97 Å². The van der Waals surface area contributed by atoms with Crippen molar-refractivity contribution in [1.82, 2.24) is 0 Å². The van der Waals surface area contributed by atoms with E-state index in [-0.39, 0.29) is 26.2 Å². The minimum Gasteiger partial charge on any atom is -0.434 e. The standard InChI is InChI=1S/C10H12O2.Zr/c1-5-10(6-2,7-3)9(11)12-8-4;/h5-8H,1-4H2;. The van der Waals surface area contributed by atoms with E-state index in [1.54, 1.807) is 0 Å². The Morgan fingerprint density at radius 3 is 1.69 bits per heavy atom. The van der Waals surface area contributed by atoms with Crippen LogP contribution in [0.25, 0.3) is 0 Å². The average molecular weight is 255 g/mol. The SMILES string of the molecule is C=COC(=O)C(C=C)(C=C)C=C.[Zr]. The van der Waals surface area contributed by atoms with Crippen LogP contribution in [0, 0.1) is 5.41 Å². The number of hydrogen-bond acceptors (Lipinski definition) is 2. The van der Waals surface area contributed by atoms with Gasteiger partial charge in [-0.1, -0.05) is 24.8 Å². The quantitative estimate of drug-likeness (QED) is 0.428. The zero-order chi connectivity index (χ0) is 9.61. The summed E-state index contributed by atoms with van der Waals surface area (Å²) in [6.45, 7) is 13.8. The van der Waals surface area contributed by atoms with Crippen molar-refractivity contribution in [1.29, 1.82) is 0 Å². The summed E-state index contributed by atoms with van der Waals surface area (Å²) in [6.07, 6.45) is 5.31. The molecule has 0 atom stereocenters. The molecule has 0 unspecified atom stereocenters. The van der Waals surface area contributed by atoms with E-state index in [0.29, 0.717) is 0 Å². The van der Waals surface area contributed by atoms with Gasteiger partial charge in [0, 0.05) is 26.2 Å². The third-order valence-electron chi connectivity index (χ3n) is 1.56. The van der Waals surface area contributed by atoms with Crippen molar-refractivity contribution in [3.8, 4) is 0 Å². The molecule has 0 rings (SSSR count). The van der Waals surface area contributed by atoms with Crippen LogP contribution in [-0.2, 0) is 35.7 Å². The zero-order valence-electron chi connectivity index (χ0n) is 7.45. The van der Waals surface area contributed by atoms with E-state index in [2.05, 4.69) is 31.1 Å². The molecule has 0 spiro atoms. The zero-order valence-corrected chi connectivity index (χ0v) is 9.91. The van der Waals surface area contributed by atoms with E-state index < -0.39 is 11.4 Å². The molecule has 0 aromatic carbocycles. The molecule has 0 saturated heterocycles. The Balaban J connectivity index is 0. The van der Waals surface area contributed by atoms with E-state index in [9.17, 15) is 4.79 Å². The van der Waals surface area contributed by atoms with E-state index in [0.717, 1.165) is 6.26 Å². The predicted molar refractivity (Wildman–Crippen MR) is 49.3 cm³/mol. The molecule has 13 heavy (non-hydrogen) atoms. The van der Waals surface area contributed by atoms with Gasteiger partial charge in [-0.05, 0) is 0 Å². The number of carbonyl (C=O) groups is 1. The number of carbonyl (C=O) groups excluding carboxylic acids is 1. The normalized spacial score (nSPS) is 8.92. The Morgan fingerprint density at radius 2 is 1.46 bits per heavy atom. The summed E-state index contributed by atoms with van der Waals surface area (Å²) < 4.78 is 4.59. The second kappa shape index (κ2) is 6.79. The summed E-state index contributed by atoms with van der Waals surface area (Å²) in [4.78, 5) is 11.3. The Morgan fingerprint density at radius 1 is 1.08 bits per heavy atom. The first-order chi connectivity index (χ1) is 5.66. The van der Waals surface area contributed by atoms with Gasteiger partial charge in [0.25, 0.3) is 0 Å². The molecular formula is C10H12O2Zr. The molecule has 0 N–H and O–H groups in total. The van der Waals surface area contributed by atoms with Gasteiger partial charge in [-0.15, -0.1) is 19.7 Å². The summed E-state index contributed by atoms with van der Waals surface area (Å²) in [6, 6.07) is 0. The third-order valence-corrected chi connectivity index (χ3v) is 1.56. The maximum Gasteiger partial charge on any atom is 0.328 e. The van der Waals surface area contributed by atoms with Gasteiger partial charge < -0.3 is 4.74 Å². The molecule has 2 nitrogen and oxygen atoms in total. The van der Waals surface area contributed by atoms with Crippen LogP contribution in [0.2, 0.25) is 0 Å². The molecular weight excluding hydrogens is 243 g/mol. The van der Waals surface area contributed by atoms with Crippen LogP contribution in [0.3, 0.4) is 0 Å². The summed E-state index contributed by atoms with van der Waals surface area (Å²) in [7, 11) is 0. The summed E-state index contributed by atoms with van der Waals surface area (Å²) >= 11 is 0. The molecule has 3 heteroatoms. The largest absolute Gasteiger partial charge is 0.434 e. The molecule has 0 fully saturated rings. The fourth-order valence-corrected chi connectivity index (χ4v) is 0.678. The Bertz CT molecular complexity index is 209. The molecule has 0 aliphatic heterocycles. The first-order valence-corrected chi connectivity index (χ1v) is 3.39. The molecule has 0 aromatic heterocycles. The minimum absolute atomic E-state index is 0. The van der Waals surface area contributed by atoms with Gasteiger partial charge in [-0.25, -0.2) is 0 Å². The fourth-order valence-electron chi connectivity index (χ4n) is 0.678. The maximum atomic E-state index is 11.3. The monoisotopic (exact) mass is 254 g/mol. The van der Waals surface area contributed by atoms with Crippen LogP contribution >= 0.6 is 0 Å². The minimum atomic E-state index is -1.01. The van der Waals surface area contributed by atoms with Gasteiger partial charge in [0.05, 0.1) is 6.26 Å². The summed E-state index contributed by atoms with van der Waals surface area (Å²) in [5.74, 6) is -0.502. The van der Waals surface area contributed by atoms with Crippen molar-refractivity contribution in [3.63, 3.8) is 0 Å². The predicted octanol–water partition coefficient (Wildman–Crippen LogP) is 2.21. The van der Waals surface area contributed by atoms with Crippen LogP contribution in [0.4, 0.5) is 0 Å². The van der Waals surface area contributed by atoms with Gasteiger partial charge in [0.1, 0.15) is 5.41 Å². The van der Waals surface area contributed by atoms with Crippen LogP contribution in [0.15, 0.2) is 50.8 Å². The van der Waals surface area contributed by atoms with Crippen molar-refractivity contribution >= 4 is 5.97 Å². The van der Waals surface area contributed by atoms with Crippen LogP contribution in [0.1, 0.15) is 0 Å². The van der Waals surface area contributed by atoms with E-state index in [1.165, 1.54) is 18.2 Å². The van der Waals surface area contributed by atoms with Crippen LogP contribution in [0.5, 0.6) is 0 Å². The molecule has 0 heterocycles. The molecule has 0 aliphatic carbocycles. The molecule has 0 saturated carbocycles. The average Bonchev–Trinajstić information content (AvgIpc) is 2.09. The first-order valence-electron chi connectivity index (χ1n) is 3.39. The molecule has 0 aromatic rings. The van der Waals surface area contributed by atoms with Crippen molar-refractivity contribution in [2.75, 3.05) is 0 Å². The smallest absolute Gasteiger partial charge is 0.328 e. The van der Waals surface area contributed by atoms with Gasteiger partial charge in [-0.2, -0.15) is 0 Å². The second-order valence-electron chi connectivity index (χ2n) is 2.12. The Labute approximate surface area is 97.8 Å². The molecule has 0 bridgehead atoms. The van der Waals surface area contributed by atoms with E-state index in [1.807, 2.05) is 0 Å². The van der Waals surface area contributed by atoms with Crippen molar-refractivity contribution in [3.05, 3.63) is 50.8 Å². The maximum absolute atomic E-state index is 11.3. The number of hydrogen-bond donors (Lipinski definition) is 0. The first kappa shape index (κ1) is 14.8. The molecule has 0 amide bonds. The van der Waals surface area contributed by atoms with Crippen molar-refractivity contribution < 1.29 is 35.7 Å². The van der Waals surface area contributed by atoms with Gasteiger partial charge in [-0.3, -0.25) is 4.79 Å². The molecule has 0 aliphatic rings. The fraction of sp³-hybridized carbons (Fsp3) is 0.100. The molecule has 0 radical (unpaired) electrons. The molecule has 68 valence electrons. The van der Waals surface area contributed by atoms with E-state index in [4.69, 9.17) is 0 Å². The van der Waals surface area contributed by atoms with Gasteiger partial charge in [0.2, 0.25) is 0 Å². The summed E-state index contributed by atoms with van der Waals surface area (Å²) in [5, 5.41) is 0. The Hall–Kier alpha value is -0.687. The third kappa shape index (κ3) is 3.27. The van der Waals surface area contributed by atoms with Crippen LogP contribution in [-0.4, -0.2) is 5.97 Å². The Kier molecular flexibility index (Phi) is 7.74. The number of ether oxygens (including phenoxy) is 1. The van der Waals surface area contributed by atoms with Crippen molar-refractivity contribution in [2.24, 2.45) is 5.41 Å². The van der Waals surface area contributed by atoms with Crippen molar-refractivity contribution in [2.45, 2.75) is 0 Å². The van der Waals surface area contributed by atoms with Crippen LogP contribution < -0.4 is 0 Å².